The predicted octanol–water partition coefficient (Wildman–Crippen LogP) is 2.27. The van der Waals surface area contributed by atoms with Crippen LogP contribution in [0.1, 0.15) is 46.5 Å². The highest BCUT2D eigenvalue weighted by molar-refractivity contribution is 5.17. The van der Waals surface area contributed by atoms with Crippen LogP contribution < -0.4 is 0 Å². The van der Waals surface area contributed by atoms with E-state index in [-0.39, 0.29) is 11.5 Å². The monoisotopic (exact) mass is 223 g/mol. The summed E-state index contributed by atoms with van der Waals surface area (Å²) < 4.78 is 0. The van der Waals surface area contributed by atoms with Crippen molar-refractivity contribution < 1.29 is 5.11 Å². The van der Waals surface area contributed by atoms with E-state index in [2.05, 4.69) is 25.7 Å². The zero-order valence-electron chi connectivity index (χ0n) is 10.9. The molecule has 0 unspecified atom stereocenters. The summed E-state index contributed by atoms with van der Waals surface area (Å²) in [6.07, 6.45) is 5.09. The summed E-state index contributed by atoms with van der Waals surface area (Å²) in [4.78, 5) is 2.57. The molecule has 1 heterocycles. The van der Waals surface area contributed by atoms with Gasteiger partial charge in [-0.05, 0) is 50.1 Å². The lowest BCUT2D eigenvalue weighted by molar-refractivity contribution is -0.0252. The van der Waals surface area contributed by atoms with Crippen LogP contribution in [0.4, 0.5) is 0 Å². The van der Waals surface area contributed by atoms with Crippen molar-refractivity contribution in [3.63, 3.8) is 0 Å². The average molecular weight is 223 g/mol. The number of aliphatic hydroxyl groups is 1. The molecule has 3 aliphatic rings. The lowest BCUT2D eigenvalue weighted by Gasteiger charge is -2.39. The molecule has 2 aliphatic carbocycles. The first-order valence-electron chi connectivity index (χ1n) is 6.90. The van der Waals surface area contributed by atoms with E-state index >= 15 is 0 Å². The van der Waals surface area contributed by atoms with Crippen LogP contribution in [0.25, 0.3) is 0 Å². The molecule has 1 aliphatic heterocycles. The highest BCUT2D eigenvalue weighted by Crippen LogP contribution is 2.66. The first-order chi connectivity index (χ1) is 7.48. The molecule has 0 radical (unpaired) electrons. The van der Waals surface area contributed by atoms with Crippen LogP contribution in [-0.4, -0.2) is 35.2 Å². The second-order valence-electron chi connectivity index (χ2n) is 6.96. The zero-order chi connectivity index (χ0) is 11.6. The molecule has 0 aromatic carbocycles. The molecule has 0 spiro atoms. The second-order valence-corrected chi connectivity index (χ2v) is 6.96. The van der Waals surface area contributed by atoms with Crippen LogP contribution in [0.2, 0.25) is 0 Å². The van der Waals surface area contributed by atoms with Crippen LogP contribution in [0.5, 0.6) is 0 Å². The number of aliphatic hydroxyl groups excluding tert-OH is 1. The van der Waals surface area contributed by atoms with Crippen LogP contribution >= 0.6 is 0 Å². The van der Waals surface area contributed by atoms with E-state index in [9.17, 15) is 5.11 Å². The van der Waals surface area contributed by atoms with Gasteiger partial charge in [0.2, 0.25) is 0 Å². The second kappa shape index (κ2) is 3.23. The molecule has 16 heavy (non-hydrogen) atoms. The third-order valence-corrected chi connectivity index (χ3v) is 6.32. The Labute approximate surface area is 99.0 Å². The molecular formula is C14H25NO. The molecule has 3 rings (SSSR count). The molecule has 4 atom stereocenters. The molecule has 2 heteroatoms. The SMILES string of the molecule is CC1(C)[C@@H]2CC[C@@]1(C)[C@H](O)[C@@H]2N1CCCC1. The van der Waals surface area contributed by atoms with Crippen molar-refractivity contribution in [2.45, 2.75) is 58.6 Å². The summed E-state index contributed by atoms with van der Waals surface area (Å²) in [6, 6.07) is 0.455. The van der Waals surface area contributed by atoms with Gasteiger partial charge in [0.05, 0.1) is 6.10 Å². The summed E-state index contributed by atoms with van der Waals surface area (Å²) in [5.74, 6) is 0.714. The van der Waals surface area contributed by atoms with Gasteiger partial charge in [-0.15, -0.1) is 0 Å². The number of nitrogens with zero attached hydrogens (tertiary/aromatic N) is 1. The summed E-state index contributed by atoms with van der Waals surface area (Å²) in [6.45, 7) is 9.50. The van der Waals surface area contributed by atoms with E-state index < -0.39 is 0 Å². The maximum Gasteiger partial charge on any atom is 0.0756 e. The van der Waals surface area contributed by atoms with Crippen molar-refractivity contribution in [1.82, 2.24) is 4.90 Å². The van der Waals surface area contributed by atoms with Crippen LogP contribution in [0, 0.1) is 16.7 Å². The predicted molar refractivity (Wildman–Crippen MR) is 65.2 cm³/mol. The normalized spacial score (nSPS) is 51.4. The Hall–Kier alpha value is -0.0800. The molecular weight excluding hydrogens is 198 g/mol. The fourth-order valence-electron chi connectivity index (χ4n) is 4.78. The maximum absolute atomic E-state index is 10.7. The topological polar surface area (TPSA) is 23.5 Å². The van der Waals surface area contributed by atoms with Gasteiger partial charge < -0.3 is 5.11 Å². The van der Waals surface area contributed by atoms with E-state index in [1.54, 1.807) is 0 Å². The molecule has 3 fully saturated rings. The van der Waals surface area contributed by atoms with Gasteiger partial charge in [-0.1, -0.05) is 20.8 Å². The molecule has 2 nitrogen and oxygen atoms in total. The number of hydrogen-bond donors (Lipinski definition) is 1. The van der Waals surface area contributed by atoms with Crippen molar-refractivity contribution in [3.05, 3.63) is 0 Å². The van der Waals surface area contributed by atoms with E-state index in [0.29, 0.717) is 17.4 Å². The fourth-order valence-corrected chi connectivity index (χ4v) is 4.78. The maximum atomic E-state index is 10.7. The van der Waals surface area contributed by atoms with Gasteiger partial charge in [0, 0.05) is 11.5 Å². The Morgan fingerprint density at radius 1 is 1.12 bits per heavy atom. The number of rotatable bonds is 1. The van der Waals surface area contributed by atoms with E-state index in [4.69, 9.17) is 0 Å². The van der Waals surface area contributed by atoms with Crippen molar-refractivity contribution >= 4 is 0 Å². The molecule has 2 bridgehead atoms. The van der Waals surface area contributed by atoms with E-state index in [0.717, 1.165) is 0 Å². The van der Waals surface area contributed by atoms with Gasteiger partial charge in [0.1, 0.15) is 0 Å². The minimum absolute atomic E-state index is 0.0978. The summed E-state index contributed by atoms with van der Waals surface area (Å²) >= 11 is 0. The standard InChI is InChI=1S/C14H25NO/c1-13(2)10-6-7-14(13,3)12(16)11(10)15-8-4-5-9-15/h10-12,16H,4-9H2,1-3H3/t10-,11-,12-,14+/m1/s1. The Morgan fingerprint density at radius 2 is 1.75 bits per heavy atom. The van der Waals surface area contributed by atoms with Crippen molar-refractivity contribution in [3.8, 4) is 0 Å². The van der Waals surface area contributed by atoms with Crippen LogP contribution in [-0.2, 0) is 0 Å². The third kappa shape index (κ3) is 1.10. The Bertz CT molecular complexity index is 295. The van der Waals surface area contributed by atoms with Gasteiger partial charge in [-0.25, -0.2) is 0 Å². The highest BCUT2D eigenvalue weighted by Gasteiger charge is 2.66. The Morgan fingerprint density at radius 3 is 2.25 bits per heavy atom. The molecule has 0 aromatic rings. The lowest BCUT2D eigenvalue weighted by atomic mass is 9.70. The zero-order valence-corrected chi connectivity index (χ0v) is 10.9. The molecule has 92 valence electrons. The van der Waals surface area contributed by atoms with Crippen molar-refractivity contribution in [2.24, 2.45) is 16.7 Å². The molecule has 0 amide bonds. The van der Waals surface area contributed by atoms with Crippen molar-refractivity contribution in [2.75, 3.05) is 13.1 Å². The first kappa shape index (κ1) is 11.0. The Balaban J connectivity index is 1.92. The van der Waals surface area contributed by atoms with E-state index in [1.165, 1.54) is 38.8 Å². The summed E-state index contributed by atoms with van der Waals surface area (Å²) in [5.41, 5.74) is 0.477. The quantitative estimate of drug-likeness (QED) is 0.737. The van der Waals surface area contributed by atoms with Gasteiger partial charge in [0.15, 0.2) is 0 Å². The molecule has 1 N–H and O–H groups in total. The number of fused-ring (bicyclic) bond motifs is 2. The van der Waals surface area contributed by atoms with Gasteiger partial charge >= 0.3 is 0 Å². The minimum Gasteiger partial charge on any atom is -0.391 e. The van der Waals surface area contributed by atoms with Gasteiger partial charge in [-0.2, -0.15) is 0 Å². The van der Waals surface area contributed by atoms with Gasteiger partial charge in [-0.3, -0.25) is 4.90 Å². The summed E-state index contributed by atoms with van der Waals surface area (Å²) in [5, 5.41) is 10.7. The summed E-state index contributed by atoms with van der Waals surface area (Å²) in [7, 11) is 0. The average Bonchev–Trinajstić information content (AvgIpc) is 2.83. The van der Waals surface area contributed by atoms with Gasteiger partial charge in [0.25, 0.3) is 0 Å². The van der Waals surface area contributed by atoms with Crippen LogP contribution in [0.3, 0.4) is 0 Å². The Kier molecular flexibility index (Phi) is 2.23. The molecule has 0 aromatic heterocycles. The molecule has 1 saturated heterocycles. The smallest absolute Gasteiger partial charge is 0.0756 e. The van der Waals surface area contributed by atoms with Crippen molar-refractivity contribution in [1.29, 1.82) is 0 Å². The lowest BCUT2D eigenvalue weighted by Crippen LogP contribution is -2.48. The number of likely N-dealkylation sites (tertiary alicyclic amines) is 1. The largest absolute Gasteiger partial charge is 0.391 e. The van der Waals surface area contributed by atoms with E-state index in [1.807, 2.05) is 0 Å². The molecule has 2 saturated carbocycles. The first-order valence-corrected chi connectivity index (χ1v) is 6.90. The highest BCUT2D eigenvalue weighted by atomic mass is 16.3. The van der Waals surface area contributed by atoms with Crippen LogP contribution in [0.15, 0.2) is 0 Å². The third-order valence-electron chi connectivity index (χ3n) is 6.32. The number of hydrogen-bond acceptors (Lipinski definition) is 2. The fraction of sp³-hybridized carbons (Fsp3) is 1.00. The minimum atomic E-state index is -0.0978.